The lowest BCUT2D eigenvalue weighted by Gasteiger charge is -2.21. The molecular weight excluding hydrogens is 278 g/mol. The Morgan fingerprint density at radius 2 is 2.20 bits per heavy atom. The molecule has 1 aromatic carbocycles. The summed E-state index contributed by atoms with van der Waals surface area (Å²) in [6.45, 7) is 4.14. The van der Waals surface area contributed by atoms with Gasteiger partial charge >= 0.3 is 5.97 Å². The number of esters is 1. The van der Waals surface area contributed by atoms with Gasteiger partial charge < -0.3 is 14.6 Å². The van der Waals surface area contributed by atoms with Crippen LogP contribution in [-0.4, -0.2) is 41.0 Å². The number of phenols is 1. The minimum atomic E-state index is -0.268. The van der Waals surface area contributed by atoms with Crippen LogP contribution in [0, 0.1) is 0 Å². The molecule has 0 aliphatic carbocycles. The van der Waals surface area contributed by atoms with Gasteiger partial charge in [0.2, 0.25) is 0 Å². The molecule has 0 spiro atoms. The molecule has 2 unspecified atom stereocenters. The van der Waals surface area contributed by atoms with E-state index < -0.39 is 0 Å². The molecule has 2 rings (SSSR count). The van der Waals surface area contributed by atoms with Gasteiger partial charge in [-0.3, -0.25) is 10.1 Å². The molecular formula is C14H19NO4S. The zero-order valence-corrected chi connectivity index (χ0v) is 12.4. The zero-order valence-electron chi connectivity index (χ0n) is 11.5. The summed E-state index contributed by atoms with van der Waals surface area (Å²) in [6, 6.07) is 6.33. The molecule has 2 N–H and O–H groups in total. The van der Waals surface area contributed by atoms with Crippen molar-refractivity contribution in [2.24, 2.45) is 0 Å². The average molecular weight is 297 g/mol. The molecule has 6 heteroatoms. The molecule has 0 aromatic heterocycles. The molecule has 1 aliphatic rings. The molecule has 20 heavy (non-hydrogen) atoms. The van der Waals surface area contributed by atoms with Crippen LogP contribution in [0.3, 0.4) is 0 Å². The van der Waals surface area contributed by atoms with Gasteiger partial charge in [0.05, 0.1) is 12.0 Å². The number of aromatic hydroxyl groups is 1. The first kappa shape index (κ1) is 15.0. The third-order valence-electron chi connectivity index (χ3n) is 2.96. The SMILES string of the molecule is CCOC(=O)C1CS[C@H](C(C)Oc2ccc(O)cc2)N1. The second kappa shape index (κ2) is 6.85. The van der Waals surface area contributed by atoms with Crippen molar-refractivity contribution in [3.05, 3.63) is 24.3 Å². The van der Waals surface area contributed by atoms with Crippen molar-refractivity contribution >= 4 is 17.7 Å². The second-order valence-corrected chi connectivity index (χ2v) is 5.72. The van der Waals surface area contributed by atoms with Gasteiger partial charge in [-0.05, 0) is 38.1 Å². The predicted molar refractivity (Wildman–Crippen MR) is 78.0 cm³/mol. The van der Waals surface area contributed by atoms with Crippen molar-refractivity contribution in [2.75, 3.05) is 12.4 Å². The van der Waals surface area contributed by atoms with Crippen LogP contribution in [0.2, 0.25) is 0 Å². The van der Waals surface area contributed by atoms with Crippen LogP contribution < -0.4 is 10.1 Å². The molecule has 0 bridgehead atoms. The maximum absolute atomic E-state index is 11.6. The van der Waals surface area contributed by atoms with E-state index in [1.54, 1.807) is 43.0 Å². The van der Waals surface area contributed by atoms with Crippen LogP contribution >= 0.6 is 11.8 Å². The lowest BCUT2D eigenvalue weighted by molar-refractivity contribution is -0.144. The van der Waals surface area contributed by atoms with Crippen LogP contribution in [0.4, 0.5) is 0 Å². The molecule has 1 heterocycles. The monoisotopic (exact) mass is 297 g/mol. The summed E-state index contributed by atoms with van der Waals surface area (Å²) < 4.78 is 10.8. The Labute approximate surface area is 122 Å². The number of nitrogens with one attached hydrogen (secondary N) is 1. The summed E-state index contributed by atoms with van der Waals surface area (Å²) in [5, 5.41) is 12.5. The van der Waals surface area contributed by atoms with Crippen molar-refractivity contribution in [3.63, 3.8) is 0 Å². The minimum Gasteiger partial charge on any atom is -0.508 e. The third-order valence-corrected chi connectivity index (χ3v) is 4.37. The van der Waals surface area contributed by atoms with Gasteiger partial charge in [-0.15, -0.1) is 11.8 Å². The van der Waals surface area contributed by atoms with Crippen LogP contribution in [0.25, 0.3) is 0 Å². The van der Waals surface area contributed by atoms with Crippen LogP contribution in [0.1, 0.15) is 13.8 Å². The normalized spacial score (nSPS) is 23.3. The number of hydrogen-bond acceptors (Lipinski definition) is 6. The summed E-state index contributed by atoms with van der Waals surface area (Å²) in [4.78, 5) is 11.6. The number of carbonyl (C=O) groups is 1. The Hall–Kier alpha value is -1.40. The van der Waals surface area contributed by atoms with E-state index in [0.29, 0.717) is 18.1 Å². The van der Waals surface area contributed by atoms with Crippen LogP contribution in [0.5, 0.6) is 11.5 Å². The van der Waals surface area contributed by atoms with Gasteiger partial charge in [0.25, 0.3) is 0 Å². The Balaban J connectivity index is 1.86. The first-order valence-corrected chi connectivity index (χ1v) is 7.65. The standard InChI is InChI=1S/C14H19NO4S/c1-3-18-14(17)12-8-20-13(15-12)9(2)19-11-6-4-10(16)5-7-11/h4-7,9,12-13,15-16H,3,8H2,1-2H3/t9?,12?,13-/m1/s1. The fourth-order valence-electron chi connectivity index (χ4n) is 1.95. The Morgan fingerprint density at radius 3 is 2.85 bits per heavy atom. The van der Waals surface area contributed by atoms with Gasteiger partial charge in [-0.2, -0.15) is 0 Å². The van der Waals surface area contributed by atoms with E-state index >= 15 is 0 Å². The third kappa shape index (κ3) is 3.80. The highest BCUT2D eigenvalue weighted by molar-refractivity contribution is 8.00. The molecule has 0 radical (unpaired) electrons. The number of rotatable bonds is 5. The Bertz CT molecular complexity index is 451. The van der Waals surface area contributed by atoms with E-state index in [-0.39, 0.29) is 29.2 Å². The fourth-order valence-corrected chi connectivity index (χ4v) is 3.16. The summed E-state index contributed by atoms with van der Waals surface area (Å²) in [7, 11) is 0. The molecule has 110 valence electrons. The first-order valence-electron chi connectivity index (χ1n) is 6.60. The lowest BCUT2D eigenvalue weighted by Crippen LogP contribution is -2.43. The van der Waals surface area contributed by atoms with Gasteiger partial charge in [-0.25, -0.2) is 0 Å². The topological polar surface area (TPSA) is 67.8 Å². The van der Waals surface area contributed by atoms with E-state index in [1.165, 1.54) is 0 Å². The quantitative estimate of drug-likeness (QED) is 0.807. The summed E-state index contributed by atoms with van der Waals surface area (Å²) in [5.41, 5.74) is 0. The molecule has 1 saturated heterocycles. The van der Waals surface area contributed by atoms with E-state index in [1.807, 2.05) is 6.92 Å². The van der Waals surface area contributed by atoms with E-state index in [0.717, 1.165) is 0 Å². The van der Waals surface area contributed by atoms with Gasteiger partial charge in [0.15, 0.2) is 0 Å². The number of benzene rings is 1. The van der Waals surface area contributed by atoms with Crippen molar-refractivity contribution < 1.29 is 19.4 Å². The smallest absolute Gasteiger partial charge is 0.324 e. The van der Waals surface area contributed by atoms with Crippen molar-refractivity contribution in [2.45, 2.75) is 31.4 Å². The maximum atomic E-state index is 11.6. The fraction of sp³-hybridized carbons (Fsp3) is 0.500. The van der Waals surface area contributed by atoms with E-state index in [4.69, 9.17) is 9.47 Å². The number of thioether (sulfide) groups is 1. The average Bonchev–Trinajstić information content (AvgIpc) is 2.91. The number of hydrogen-bond donors (Lipinski definition) is 2. The van der Waals surface area contributed by atoms with Gasteiger partial charge in [0, 0.05) is 5.75 Å². The molecule has 0 saturated carbocycles. The minimum absolute atomic E-state index is 0.0400. The predicted octanol–water partition coefficient (Wildman–Crippen LogP) is 1.75. The van der Waals surface area contributed by atoms with Gasteiger partial charge in [-0.1, -0.05) is 0 Å². The number of ether oxygens (including phenoxy) is 2. The Kier molecular flexibility index (Phi) is 5.14. The number of carbonyl (C=O) groups excluding carboxylic acids is 1. The molecule has 5 nitrogen and oxygen atoms in total. The van der Waals surface area contributed by atoms with Crippen molar-refractivity contribution in [1.29, 1.82) is 0 Å². The zero-order chi connectivity index (χ0) is 14.5. The van der Waals surface area contributed by atoms with Crippen LogP contribution in [0.15, 0.2) is 24.3 Å². The molecule has 1 aliphatic heterocycles. The first-order chi connectivity index (χ1) is 9.60. The van der Waals surface area contributed by atoms with Gasteiger partial charge in [0.1, 0.15) is 23.6 Å². The largest absolute Gasteiger partial charge is 0.508 e. The molecule has 0 amide bonds. The van der Waals surface area contributed by atoms with Crippen LogP contribution in [-0.2, 0) is 9.53 Å². The summed E-state index contributed by atoms with van der Waals surface area (Å²) in [6.07, 6.45) is -0.0935. The number of phenolic OH excluding ortho intramolecular Hbond substituents is 1. The highest BCUT2D eigenvalue weighted by Crippen LogP contribution is 2.26. The molecule has 1 aromatic rings. The maximum Gasteiger partial charge on any atom is 0.324 e. The van der Waals surface area contributed by atoms with Crippen molar-refractivity contribution in [3.8, 4) is 11.5 Å². The van der Waals surface area contributed by atoms with E-state index in [9.17, 15) is 9.90 Å². The molecule has 1 fully saturated rings. The molecule has 3 atom stereocenters. The lowest BCUT2D eigenvalue weighted by atomic mass is 10.3. The summed E-state index contributed by atoms with van der Waals surface area (Å²) >= 11 is 1.65. The summed E-state index contributed by atoms with van der Waals surface area (Å²) in [5.74, 6) is 1.38. The highest BCUT2D eigenvalue weighted by Gasteiger charge is 2.34. The Morgan fingerprint density at radius 1 is 1.50 bits per heavy atom. The van der Waals surface area contributed by atoms with Crippen molar-refractivity contribution in [1.82, 2.24) is 5.32 Å². The highest BCUT2D eigenvalue weighted by atomic mass is 32.2. The second-order valence-electron chi connectivity index (χ2n) is 4.54. The van der Waals surface area contributed by atoms with E-state index in [2.05, 4.69) is 5.32 Å².